The number of esters is 2. The van der Waals surface area contributed by atoms with Crippen LogP contribution in [0.25, 0.3) is 11.3 Å². The highest BCUT2D eigenvalue weighted by molar-refractivity contribution is 6.08. The molecular weight excluding hydrogens is 711 g/mol. The van der Waals surface area contributed by atoms with Crippen molar-refractivity contribution >= 4 is 34.8 Å². The van der Waals surface area contributed by atoms with E-state index in [1.54, 1.807) is 24.9 Å². The molecule has 1 aromatic rings. The zero-order chi connectivity index (χ0) is 40.4. The number of amidine groups is 1. The monoisotopic (exact) mass is 761 g/mol. The SMILES string of the molecule is COC(=O)C(C)=CCC12OC(C)(C)C3CC(C1=O)C1C4=C(c5c(c(CC=C(C)C)c6c7c5OC(=O)CC7=CC(C)(CCC=C(C)C)O6)OC432)N(C)C(=N)C1C#N. The number of carbonyl (C=O) groups is 3. The fraction of sp³-hybridized carbons (Fsp3) is 0.533. The highest BCUT2D eigenvalue weighted by Crippen LogP contribution is 2.74. The van der Waals surface area contributed by atoms with Crippen molar-refractivity contribution in [2.45, 2.75) is 116 Å². The fourth-order valence-electron chi connectivity index (χ4n) is 10.9. The fourth-order valence-corrected chi connectivity index (χ4v) is 10.9. The molecule has 1 saturated heterocycles. The van der Waals surface area contributed by atoms with Crippen LogP contribution in [0.3, 0.4) is 0 Å². The number of rotatable bonds is 8. The summed E-state index contributed by atoms with van der Waals surface area (Å²) in [6, 6.07) is 2.39. The lowest BCUT2D eigenvalue weighted by Crippen LogP contribution is -2.76. The van der Waals surface area contributed by atoms with E-state index < -0.39 is 52.1 Å². The molecule has 3 saturated carbocycles. The molecule has 11 nitrogen and oxygen atoms in total. The third kappa shape index (κ3) is 4.96. The summed E-state index contributed by atoms with van der Waals surface area (Å²) >= 11 is 0. The molecule has 8 aliphatic rings. The summed E-state index contributed by atoms with van der Waals surface area (Å²) in [5, 5.41) is 20.2. The van der Waals surface area contributed by atoms with E-state index in [-0.39, 0.29) is 30.4 Å². The first kappa shape index (κ1) is 37.9. The van der Waals surface area contributed by atoms with Gasteiger partial charge in [-0.1, -0.05) is 29.4 Å². The highest BCUT2D eigenvalue weighted by Gasteiger charge is 2.84. The molecule has 294 valence electrons. The molecule has 5 aliphatic heterocycles. The van der Waals surface area contributed by atoms with Crippen LogP contribution in [0.4, 0.5) is 0 Å². The Kier molecular flexibility index (Phi) is 8.49. The zero-order valence-corrected chi connectivity index (χ0v) is 34.0. The average Bonchev–Trinajstić information content (AvgIpc) is 3.27. The number of methoxy groups -OCH3 is 1. The van der Waals surface area contributed by atoms with Gasteiger partial charge in [0.05, 0.1) is 42.0 Å². The maximum Gasteiger partial charge on any atom is 0.333 e. The van der Waals surface area contributed by atoms with Crippen molar-refractivity contribution in [3.63, 3.8) is 0 Å². The van der Waals surface area contributed by atoms with Crippen LogP contribution in [0, 0.1) is 40.4 Å². The number of hydrogen-bond acceptors (Lipinski definition) is 10. The van der Waals surface area contributed by atoms with Gasteiger partial charge in [0.2, 0.25) is 0 Å². The predicted octanol–water partition coefficient (Wildman–Crippen LogP) is 7.58. The lowest BCUT2D eigenvalue weighted by molar-refractivity contribution is -0.183. The second-order valence-corrected chi connectivity index (χ2v) is 17.8. The second kappa shape index (κ2) is 12.5. The second-order valence-electron chi connectivity index (χ2n) is 17.8. The number of Topliss-reactive ketones (excluding diaryl/α,β-unsaturated/α-hetero) is 1. The molecule has 3 aliphatic carbocycles. The molecule has 4 bridgehead atoms. The Hall–Kier alpha value is -4.95. The van der Waals surface area contributed by atoms with Crippen LogP contribution in [0.1, 0.15) is 104 Å². The van der Waals surface area contributed by atoms with E-state index in [1.165, 1.54) is 12.7 Å². The summed E-state index contributed by atoms with van der Waals surface area (Å²) < 4.78 is 33.2. The maximum absolute atomic E-state index is 15.3. The van der Waals surface area contributed by atoms with Crippen LogP contribution in [0.15, 0.2) is 46.6 Å². The van der Waals surface area contributed by atoms with E-state index in [9.17, 15) is 20.3 Å². The Balaban J connectivity index is 1.49. The van der Waals surface area contributed by atoms with Gasteiger partial charge in [-0.3, -0.25) is 15.0 Å². The van der Waals surface area contributed by atoms with E-state index in [4.69, 9.17) is 23.7 Å². The van der Waals surface area contributed by atoms with E-state index in [0.717, 1.165) is 23.1 Å². The molecule has 56 heavy (non-hydrogen) atoms. The van der Waals surface area contributed by atoms with E-state index >= 15 is 4.79 Å². The third-order valence-corrected chi connectivity index (χ3v) is 13.3. The molecule has 0 aromatic heterocycles. The number of benzene rings is 1. The van der Waals surface area contributed by atoms with Crippen LogP contribution in [0.5, 0.6) is 17.2 Å². The number of allylic oxidation sites excluding steroid dienone is 4. The van der Waals surface area contributed by atoms with Crippen molar-refractivity contribution in [3.8, 4) is 23.3 Å². The molecule has 7 unspecified atom stereocenters. The average molecular weight is 762 g/mol. The number of nitrogens with one attached hydrogen (secondary N) is 1. The Morgan fingerprint density at radius 1 is 1.04 bits per heavy atom. The van der Waals surface area contributed by atoms with E-state index in [0.29, 0.717) is 64.5 Å². The van der Waals surface area contributed by atoms with Gasteiger partial charge in [0.1, 0.15) is 28.9 Å². The minimum Gasteiger partial charge on any atom is -0.482 e. The lowest BCUT2D eigenvalue weighted by Gasteiger charge is -2.64. The van der Waals surface area contributed by atoms with Crippen molar-refractivity contribution in [2.24, 2.45) is 23.7 Å². The zero-order valence-electron chi connectivity index (χ0n) is 34.0. The van der Waals surface area contributed by atoms with Crippen LogP contribution >= 0.6 is 0 Å². The van der Waals surface area contributed by atoms with E-state index in [2.05, 4.69) is 38.1 Å². The van der Waals surface area contributed by atoms with Gasteiger partial charge in [0.25, 0.3) is 0 Å². The van der Waals surface area contributed by atoms with Gasteiger partial charge in [0, 0.05) is 47.9 Å². The summed E-state index contributed by atoms with van der Waals surface area (Å²) in [6.07, 6.45) is 10.4. The van der Waals surface area contributed by atoms with Crippen LogP contribution < -0.4 is 14.2 Å². The Morgan fingerprint density at radius 3 is 2.39 bits per heavy atom. The number of ketones is 1. The first-order chi connectivity index (χ1) is 26.4. The number of hydrogen-bond donors (Lipinski definition) is 1. The third-order valence-electron chi connectivity index (χ3n) is 13.3. The summed E-state index contributed by atoms with van der Waals surface area (Å²) in [4.78, 5) is 43.4. The first-order valence-corrected chi connectivity index (χ1v) is 19.6. The molecule has 1 spiro atoms. The molecular formula is C45H51N3O8. The highest BCUT2D eigenvalue weighted by atomic mass is 16.6. The summed E-state index contributed by atoms with van der Waals surface area (Å²) in [7, 11) is 3.08. The lowest BCUT2D eigenvalue weighted by atomic mass is 9.44. The molecule has 0 radical (unpaired) electrons. The minimum atomic E-state index is -1.60. The standard InChI is InChI=1S/C45H51N3O8/c1-22(2)12-11-16-43(8)20-25-18-30(49)53-38-31(25)36(54-43)26(14-13-23(3)4)37-33(38)35-34-32(28(21-46)40(47)48(35)9)27-19-29-42(6,7)56-44(39(27)50,45(29,34)55-37)17-15-24(5)41(51)52-10/h12-13,15,20,27-29,32,47H,11,14,16-19H2,1-10H3. The van der Waals surface area contributed by atoms with Gasteiger partial charge in [-0.2, -0.15) is 5.26 Å². The maximum atomic E-state index is 15.3. The molecule has 9 rings (SSSR count). The van der Waals surface area contributed by atoms with Gasteiger partial charge < -0.3 is 28.6 Å². The summed E-state index contributed by atoms with van der Waals surface area (Å²) in [5.41, 5.74) is 1.98. The molecule has 1 aromatic carbocycles. The molecule has 11 heteroatoms. The Bertz CT molecular complexity index is 2240. The minimum absolute atomic E-state index is 0.0162. The van der Waals surface area contributed by atoms with Crippen molar-refractivity contribution in [1.29, 1.82) is 10.7 Å². The summed E-state index contributed by atoms with van der Waals surface area (Å²) in [5.74, 6) is -2.45. The van der Waals surface area contributed by atoms with Crippen molar-refractivity contribution in [2.75, 3.05) is 14.2 Å². The smallest absolute Gasteiger partial charge is 0.333 e. The van der Waals surface area contributed by atoms with Gasteiger partial charge >= 0.3 is 11.9 Å². The molecule has 1 N–H and O–H groups in total. The van der Waals surface area contributed by atoms with Gasteiger partial charge in [-0.15, -0.1) is 0 Å². The van der Waals surface area contributed by atoms with Crippen LogP contribution in [-0.2, 0) is 30.3 Å². The largest absolute Gasteiger partial charge is 0.482 e. The first-order valence-electron chi connectivity index (χ1n) is 19.6. The molecule has 5 heterocycles. The quantitative estimate of drug-likeness (QED) is 0.122. The molecule has 7 atom stereocenters. The predicted molar refractivity (Wildman–Crippen MR) is 209 cm³/mol. The number of ether oxygens (including phenoxy) is 5. The number of fused-ring (bicyclic) bond motifs is 3. The normalized spacial score (nSPS) is 32.5. The molecule has 0 amide bonds. The van der Waals surface area contributed by atoms with Crippen molar-refractivity contribution < 1.29 is 38.1 Å². The van der Waals surface area contributed by atoms with Crippen molar-refractivity contribution in [3.05, 3.63) is 63.3 Å². The number of nitriles is 1. The Labute approximate surface area is 328 Å². The summed E-state index contributed by atoms with van der Waals surface area (Å²) in [6.45, 7) is 15.8. The Morgan fingerprint density at radius 2 is 1.73 bits per heavy atom. The molecule has 4 fully saturated rings. The number of carbonyl (C=O) groups excluding carboxylic acids is 3. The van der Waals surface area contributed by atoms with E-state index in [1.807, 2.05) is 34.6 Å². The van der Waals surface area contributed by atoms with Gasteiger partial charge in [-0.25, -0.2) is 4.79 Å². The van der Waals surface area contributed by atoms with Crippen LogP contribution in [0.2, 0.25) is 0 Å². The number of nitrogens with zero attached hydrogens (tertiary/aromatic N) is 2. The van der Waals surface area contributed by atoms with Crippen molar-refractivity contribution in [1.82, 2.24) is 4.90 Å². The van der Waals surface area contributed by atoms with Gasteiger partial charge in [0.15, 0.2) is 22.7 Å². The topological polar surface area (TPSA) is 148 Å². The van der Waals surface area contributed by atoms with Crippen LogP contribution in [-0.4, -0.2) is 65.0 Å². The van der Waals surface area contributed by atoms with Gasteiger partial charge in [-0.05, 0) is 92.7 Å².